The molecule has 4 nitrogen and oxygen atoms in total. The van der Waals surface area contributed by atoms with E-state index in [2.05, 4.69) is 19.2 Å². The first-order valence-corrected chi connectivity index (χ1v) is 5.98. The highest BCUT2D eigenvalue weighted by molar-refractivity contribution is 5.73. The van der Waals surface area contributed by atoms with Crippen LogP contribution in [0.4, 0.5) is 0 Å². The number of nitrogens with one attached hydrogen (secondary N) is 1. The van der Waals surface area contributed by atoms with Gasteiger partial charge in [-0.1, -0.05) is 44.2 Å². The number of benzene rings is 1. The van der Waals surface area contributed by atoms with Gasteiger partial charge in [-0.25, -0.2) is 0 Å². The summed E-state index contributed by atoms with van der Waals surface area (Å²) in [5.74, 6) is -0.888. The molecular formula is C14H21NO3. The van der Waals surface area contributed by atoms with Crippen molar-refractivity contribution in [1.82, 2.24) is 5.32 Å². The topological polar surface area (TPSA) is 58.6 Å². The molecule has 0 aliphatic rings. The molecule has 4 heteroatoms. The van der Waals surface area contributed by atoms with Gasteiger partial charge in [-0.2, -0.15) is 0 Å². The Morgan fingerprint density at radius 2 is 2.00 bits per heavy atom. The van der Waals surface area contributed by atoms with Crippen molar-refractivity contribution in [2.24, 2.45) is 0 Å². The molecule has 1 aromatic carbocycles. The molecule has 1 rings (SSSR count). The zero-order valence-electron chi connectivity index (χ0n) is 11.1. The molecule has 0 spiro atoms. The molecule has 0 aromatic heterocycles. The number of carboxylic acids is 1. The average Bonchev–Trinajstić information content (AvgIpc) is 2.35. The lowest BCUT2D eigenvalue weighted by atomic mass is 9.84. The van der Waals surface area contributed by atoms with Crippen LogP contribution >= 0.6 is 0 Å². The predicted molar refractivity (Wildman–Crippen MR) is 70.8 cm³/mol. The number of ether oxygens (including phenoxy) is 1. The molecule has 0 heterocycles. The van der Waals surface area contributed by atoms with E-state index in [0.717, 1.165) is 0 Å². The van der Waals surface area contributed by atoms with Crippen LogP contribution < -0.4 is 5.32 Å². The molecule has 0 fully saturated rings. The van der Waals surface area contributed by atoms with Crippen molar-refractivity contribution in [3.63, 3.8) is 0 Å². The molecule has 0 saturated heterocycles. The number of hydrogen-bond acceptors (Lipinski definition) is 3. The third kappa shape index (κ3) is 4.13. The molecule has 0 aliphatic heterocycles. The minimum absolute atomic E-state index is 0.122. The Hall–Kier alpha value is -1.39. The first-order chi connectivity index (χ1) is 8.47. The summed E-state index contributed by atoms with van der Waals surface area (Å²) in [5, 5.41) is 12.1. The molecular weight excluding hydrogens is 230 g/mol. The van der Waals surface area contributed by atoms with Crippen molar-refractivity contribution < 1.29 is 14.6 Å². The molecule has 0 amide bonds. The Labute approximate surface area is 108 Å². The second-order valence-corrected chi connectivity index (χ2v) is 4.98. The fourth-order valence-corrected chi connectivity index (χ4v) is 1.75. The Kier molecular flexibility index (Phi) is 5.31. The van der Waals surface area contributed by atoms with Gasteiger partial charge in [0.2, 0.25) is 0 Å². The Morgan fingerprint density at radius 1 is 1.39 bits per heavy atom. The predicted octanol–water partition coefficient (Wildman–Crippen LogP) is 1.65. The van der Waals surface area contributed by atoms with Crippen molar-refractivity contribution in [3.05, 3.63) is 35.9 Å². The van der Waals surface area contributed by atoms with Crippen LogP contribution in [0.25, 0.3) is 0 Å². The van der Waals surface area contributed by atoms with E-state index in [4.69, 9.17) is 9.84 Å². The summed E-state index contributed by atoms with van der Waals surface area (Å²) in [6.45, 7) is 4.92. The summed E-state index contributed by atoms with van der Waals surface area (Å²) in [4.78, 5) is 11.0. The van der Waals surface area contributed by atoms with Crippen LogP contribution in [-0.4, -0.2) is 37.4 Å². The number of carbonyl (C=O) groups is 1. The summed E-state index contributed by atoms with van der Waals surface area (Å²) in [6, 6.07) is 9.37. The second-order valence-electron chi connectivity index (χ2n) is 4.98. The van der Waals surface area contributed by atoms with E-state index in [0.29, 0.717) is 6.54 Å². The van der Waals surface area contributed by atoms with Crippen LogP contribution in [0, 0.1) is 0 Å². The van der Waals surface area contributed by atoms with Crippen molar-refractivity contribution in [1.29, 1.82) is 0 Å². The zero-order chi connectivity index (χ0) is 13.6. The van der Waals surface area contributed by atoms with Crippen LogP contribution in [-0.2, 0) is 14.9 Å². The van der Waals surface area contributed by atoms with Gasteiger partial charge in [-0.05, 0) is 5.56 Å². The van der Waals surface area contributed by atoms with Crippen LogP contribution in [0.2, 0.25) is 0 Å². The molecule has 100 valence electrons. The summed E-state index contributed by atoms with van der Waals surface area (Å²) in [7, 11) is 1.50. The highest BCUT2D eigenvalue weighted by Crippen LogP contribution is 2.21. The van der Waals surface area contributed by atoms with Crippen LogP contribution in [0.5, 0.6) is 0 Å². The molecule has 1 aromatic rings. The minimum atomic E-state index is -0.888. The van der Waals surface area contributed by atoms with Gasteiger partial charge < -0.3 is 15.2 Å². The van der Waals surface area contributed by atoms with Gasteiger partial charge in [0.15, 0.2) is 0 Å². The number of hydrogen-bond donors (Lipinski definition) is 2. The molecule has 0 bridgehead atoms. The van der Waals surface area contributed by atoms with Crippen LogP contribution in [0.15, 0.2) is 30.3 Å². The SMILES string of the molecule is COCC(NCC(C)(C)c1ccccc1)C(=O)O. The lowest BCUT2D eigenvalue weighted by molar-refractivity contribution is -0.140. The van der Waals surface area contributed by atoms with Crippen LogP contribution in [0.1, 0.15) is 19.4 Å². The van der Waals surface area contributed by atoms with Crippen molar-refractivity contribution in [2.45, 2.75) is 25.3 Å². The smallest absolute Gasteiger partial charge is 0.323 e. The molecule has 1 unspecified atom stereocenters. The van der Waals surface area contributed by atoms with Gasteiger partial charge in [-0.15, -0.1) is 0 Å². The Balaban J connectivity index is 2.63. The van der Waals surface area contributed by atoms with E-state index in [1.54, 1.807) is 0 Å². The van der Waals surface area contributed by atoms with E-state index >= 15 is 0 Å². The lowest BCUT2D eigenvalue weighted by Crippen LogP contribution is -2.45. The largest absolute Gasteiger partial charge is 0.480 e. The maximum absolute atomic E-state index is 11.0. The van der Waals surface area contributed by atoms with E-state index in [1.807, 2.05) is 30.3 Å². The second kappa shape index (κ2) is 6.52. The summed E-state index contributed by atoms with van der Waals surface area (Å²) < 4.78 is 4.89. The number of aliphatic carboxylic acids is 1. The van der Waals surface area contributed by atoms with Crippen molar-refractivity contribution in [2.75, 3.05) is 20.3 Å². The van der Waals surface area contributed by atoms with Crippen molar-refractivity contribution >= 4 is 5.97 Å². The third-order valence-electron chi connectivity index (χ3n) is 2.98. The lowest BCUT2D eigenvalue weighted by Gasteiger charge is -2.27. The first kappa shape index (κ1) is 14.7. The molecule has 0 saturated carbocycles. The number of methoxy groups -OCH3 is 1. The normalized spacial score (nSPS) is 13.3. The zero-order valence-corrected chi connectivity index (χ0v) is 11.1. The summed E-state index contributed by atoms with van der Waals surface area (Å²) >= 11 is 0. The van der Waals surface area contributed by atoms with Gasteiger partial charge in [-0.3, -0.25) is 4.79 Å². The van der Waals surface area contributed by atoms with E-state index < -0.39 is 12.0 Å². The Morgan fingerprint density at radius 3 is 2.50 bits per heavy atom. The van der Waals surface area contributed by atoms with Gasteiger partial charge in [0.25, 0.3) is 0 Å². The van der Waals surface area contributed by atoms with Gasteiger partial charge >= 0.3 is 5.97 Å². The molecule has 1 atom stereocenters. The maximum atomic E-state index is 11.0. The molecule has 18 heavy (non-hydrogen) atoms. The first-order valence-electron chi connectivity index (χ1n) is 5.98. The Bertz CT molecular complexity index is 376. The monoisotopic (exact) mass is 251 g/mol. The van der Waals surface area contributed by atoms with Crippen LogP contribution in [0.3, 0.4) is 0 Å². The quantitative estimate of drug-likeness (QED) is 0.773. The van der Waals surface area contributed by atoms with Gasteiger partial charge in [0.1, 0.15) is 6.04 Å². The van der Waals surface area contributed by atoms with Gasteiger partial charge in [0, 0.05) is 19.1 Å². The highest BCUT2D eigenvalue weighted by atomic mass is 16.5. The van der Waals surface area contributed by atoms with E-state index in [9.17, 15) is 4.79 Å². The summed E-state index contributed by atoms with van der Waals surface area (Å²) in [5.41, 5.74) is 1.06. The van der Waals surface area contributed by atoms with E-state index in [1.165, 1.54) is 12.7 Å². The molecule has 0 aliphatic carbocycles. The fourth-order valence-electron chi connectivity index (χ4n) is 1.75. The fraction of sp³-hybridized carbons (Fsp3) is 0.500. The molecule has 2 N–H and O–H groups in total. The number of carboxylic acid groups (broad SMARTS) is 1. The number of rotatable bonds is 7. The minimum Gasteiger partial charge on any atom is -0.480 e. The standard InChI is InChI=1S/C14H21NO3/c1-14(2,11-7-5-4-6-8-11)10-15-12(9-18-3)13(16)17/h4-8,12,15H,9-10H2,1-3H3,(H,16,17). The molecule has 0 radical (unpaired) electrons. The van der Waals surface area contributed by atoms with Gasteiger partial charge in [0.05, 0.1) is 6.61 Å². The highest BCUT2D eigenvalue weighted by Gasteiger charge is 2.24. The third-order valence-corrected chi connectivity index (χ3v) is 2.98. The van der Waals surface area contributed by atoms with E-state index in [-0.39, 0.29) is 12.0 Å². The summed E-state index contributed by atoms with van der Waals surface area (Å²) in [6.07, 6.45) is 0. The average molecular weight is 251 g/mol. The van der Waals surface area contributed by atoms with Crippen molar-refractivity contribution in [3.8, 4) is 0 Å². The maximum Gasteiger partial charge on any atom is 0.323 e.